The molecule has 0 aliphatic carbocycles. The molecule has 0 fully saturated rings. The van der Waals surface area contributed by atoms with Crippen LogP contribution in [-0.4, -0.2) is 30.0 Å². The number of rotatable bonds is 15. The maximum absolute atomic E-state index is 11.5. The van der Waals surface area contributed by atoms with E-state index in [1.807, 2.05) is 18.2 Å². The average Bonchev–Trinajstić information content (AvgIpc) is 2.67. The summed E-state index contributed by atoms with van der Waals surface area (Å²) in [5, 5.41) is 15.5. The second kappa shape index (κ2) is 16.5. The smallest absolute Gasteiger partial charge is 0.314 e. The van der Waals surface area contributed by atoms with Gasteiger partial charge in [-0.15, -0.1) is 11.8 Å². The number of para-hydroxylation sites is 1. The van der Waals surface area contributed by atoms with Crippen LogP contribution in [0.1, 0.15) is 64.7 Å². The lowest BCUT2D eigenvalue weighted by Crippen LogP contribution is -2.36. The summed E-state index contributed by atoms with van der Waals surface area (Å²) in [7, 11) is 0. The van der Waals surface area contributed by atoms with Crippen LogP contribution in [0.3, 0.4) is 0 Å². The first-order valence-corrected chi connectivity index (χ1v) is 11.3. The van der Waals surface area contributed by atoms with Crippen molar-refractivity contribution < 1.29 is 9.90 Å². The average molecular weight is 393 g/mol. The molecule has 5 heteroatoms. The number of phenols is 1. The quantitative estimate of drug-likeness (QED) is 0.199. The molecule has 0 bridgehead atoms. The fourth-order valence-corrected chi connectivity index (χ4v) is 3.55. The van der Waals surface area contributed by atoms with E-state index in [4.69, 9.17) is 0 Å². The highest BCUT2D eigenvalue weighted by molar-refractivity contribution is 7.99. The predicted molar refractivity (Wildman–Crippen MR) is 117 cm³/mol. The van der Waals surface area contributed by atoms with Crippen LogP contribution in [0.25, 0.3) is 0 Å². The number of unbranched alkanes of at least 4 members (excludes halogenated alkanes) is 6. The van der Waals surface area contributed by atoms with Gasteiger partial charge in [-0.2, -0.15) is 0 Å². The first-order valence-electron chi connectivity index (χ1n) is 10.3. The van der Waals surface area contributed by atoms with Crippen molar-refractivity contribution in [1.29, 1.82) is 0 Å². The first-order chi connectivity index (χ1) is 13.2. The van der Waals surface area contributed by atoms with E-state index >= 15 is 0 Å². The number of amides is 2. The Kier molecular flexibility index (Phi) is 14.4. The van der Waals surface area contributed by atoms with Gasteiger partial charge in [0.05, 0.1) is 0 Å². The largest absolute Gasteiger partial charge is 0.507 e. The van der Waals surface area contributed by atoms with E-state index in [1.54, 1.807) is 17.8 Å². The zero-order valence-electron chi connectivity index (χ0n) is 16.7. The van der Waals surface area contributed by atoms with Crippen LogP contribution in [0.5, 0.6) is 5.75 Å². The van der Waals surface area contributed by atoms with Crippen LogP contribution in [0.2, 0.25) is 0 Å². The molecule has 0 radical (unpaired) electrons. The Labute approximate surface area is 169 Å². The summed E-state index contributed by atoms with van der Waals surface area (Å²) < 4.78 is 0. The molecule has 0 saturated carbocycles. The second-order valence-corrected chi connectivity index (χ2v) is 7.81. The number of carbonyl (C=O) groups is 1. The van der Waals surface area contributed by atoms with Crippen molar-refractivity contribution in [2.24, 2.45) is 0 Å². The van der Waals surface area contributed by atoms with E-state index < -0.39 is 0 Å². The Bertz CT molecular complexity index is 535. The maximum atomic E-state index is 11.5. The molecular weight excluding hydrogens is 356 g/mol. The number of hydrogen-bond donors (Lipinski definition) is 3. The van der Waals surface area contributed by atoms with Crippen molar-refractivity contribution in [1.82, 2.24) is 10.6 Å². The van der Waals surface area contributed by atoms with Gasteiger partial charge < -0.3 is 15.7 Å². The topological polar surface area (TPSA) is 61.4 Å². The number of aromatic hydroxyl groups is 1. The predicted octanol–water partition coefficient (Wildman–Crippen LogP) is 5.87. The van der Waals surface area contributed by atoms with Gasteiger partial charge in [-0.1, -0.05) is 44.1 Å². The van der Waals surface area contributed by atoms with Gasteiger partial charge in [-0.05, 0) is 62.8 Å². The number of nitrogens with one attached hydrogen (secondary N) is 2. The molecule has 0 aliphatic heterocycles. The van der Waals surface area contributed by atoms with Gasteiger partial charge >= 0.3 is 6.03 Å². The van der Waals surface area contributed by atoms with E-state index in [9.17, 15) is 9.90 Å². The third-order valence-corrected chi connectivity index (χ3v) is 5.35. The standard InChI is InChI=1S/C22H36N2O2S/c1-2-3-12-17-23-22(26)24-18-13-8-6-4-5-7-9-14-19-27-21-16-11-10-15-20(21)25/h4-5,10-11,15-16,25H,2-3,6-9,12-14,17-19H2,1H3,(H2,23,24,26). The molecule has 4 nitrogen and oxygen atoms in total. The van der Waals surface area contributed by atoms with Gasteiger partial charge in [0.15, 0.2) is 0 Å². The summed E-state index contributed by atoms with van der Waals surface area (Å²) in [5.74, 6) is 1.42. The lowest BCUT2D eigenvalue weighted by Gasteiger charge is -2.06. The molecule has 3 N–H and O–H groups in total. The molecule has 0 aliphatic rings. The summed E-state index contributed by atoms with van der Waals surface area (Å²) in [6, 6.07) is 7.47. The summed E-state index contributed by atoms with van der Waals surface area (Å²) >= 11 is 1.72. The Morgan fingerprint density at radius 1 is 0.963 bits per heavy atom. The van der Waals surface area contributed by atoms with E-state index in [1.165, 1.54) is 19.3 Å². The number of benzene rings is 1. The van der Waals surface area contributed by atoms with Crippen LogP contribution < -0.4 is 10.6 Å². The molecule has 0 aromatic heterocycles. The van der Waals surface area contributed by atoms with E-state index in [0.29, 0.717) is 5.75 Å². The number of thioether (sulfide) groups is 1. The first kappa shape index (κ1) is 23.4. The lowest BCUT2D eigenvalue weighted by atomic mass is 10.2. The van der Waals surface area contributed by atoms with Crippen molar-refractivity contribution in [3.05, 3.63) is 36.4 Å². The van der Waals surface area contributed by atoms with Crippen molar-refractivity contribution in [2.45, 2.75) is 69.6 Å². The maximum Gasteiger partial charge on any atom is 0.314 e. The van der Waals surface area contributed by atoms with Crippen LogP contribution >= 0.6 is 11.8 Å². The van der Waals surface area contributed by atoms with Gasteiger partial charge in [-0.3, -0.25) is 0 Å². The molecule has 152 valence electrons. The molecule has 0 spiro atoms. The van der Waals surface area contributed by atoms with Gasteiger partial charge in [0.1, 0.15) is 5.75 Å². The Morgan fingerprint density at radius 2 is 1.59 bits per heavy atom. The molecule has 1 rings (SSSR count). The van der Waals surface area contributed by atoms with Gasteiger partial charge in [0.2, 0.25) is 0 Å². The van der Waals surface area contributed by atoms with Crippen LogP contribution in [0.4, 0.5) is 4.79 Å². The third kappa shape index (κ3) is 13.2. The van der Waals surface area contributed by atoms with E-state index in [-0.39, 0.29) is 6.03 Å². The summed E-state index contributed by atoms with van der Waals surface area (Å²) in [6.07, 6.45) is 14.6. The van der Waals surface area contributed by atoms with Crippen molar-refractivity contribution in [2.75, 3.05) is 18.8 Å². The van der Waals surface area contributed by atoms with Crippen molar-refractivity contribution in [3.8, 4) is 5.75 Å². The van der Waals surface area contributed by atoms with E-state index in [2.05, 4.69) is 29.7 Å². The van der Waals surface area contributed by atoms with Gasteiger partial charge in [-0.25, -0.2) is 4.79 Å². The minimum atomic E-state index is -0.0386. The highest BCUT2D eigenvalue weighted by Gasteiger charge is 1.99. The van der Waals surface area contributed by atoms with Crippen molar-refractivity contribution in [3.63, 3.8) is 0 Å². The minimum Gasteiger partial charge on any atom is -0.507 e. The molecule has 1 aromatic carbocycles. The SMILES string of the molecule is CCCCCNC(=O)NCCCCC=CCCCCSc1ccccc1O. The Morgan fingerprint density at radius 3 is 2.26 bits per heavy atom. The highest BCUT2D eigenvalue weighted by Crippen LogP contribution is 2.28. The zero-order valence-corrected chi connectivity index (χ0v) is 17.5. The Balaban J connectivity index is 1.86. The normalized spacial score (nSPS) is 11.0. The third-order valence-electron chi connectivity index (χ3n) is 4.20. The van der Waals surface area contributed by atoms with Crippen LogP contribution in [0.15, 0.2) is 41.3 Å². The minimum absolute atomic E-state index is 0.0386. The summed E-state index contributed by atoms with van der Waals surface area (Å²) in [4.78, 5) is 12.5. The number of allylic oxidation sites excluding steroid dienone is 2. The number of urea groups is 1. The van der Waals surface area contributed by atoms with E-state index in [0.717, 1.165) is 62.3 Å². The molecule has 2 amide bonds. The number of phenolic OH excluding ortho intramolecular Hbond substituents is 1. The fraction of sp³-hybridized carbons (Fsp3) is 0.591. The molecule has 0 atom stereocenters. The highest BCUT2D eigenvalue weighted by atomic mass is 32.2. The van der Waals surface area contributed by atoms with Crippen LogP contribution in [0, 0.1) is 0 Å². The second-order valence-electron chi connectivity index (χ2n) is 6.67. The Hall–Kier alpha value is -1.62. The van der Waals surface area contributed by atoms with Crippen LogP contribution in [-0.2, 0) is 0 Å². The van der Waals surface area contributed by atoms with Crippen molar-refractivity contribution >= 4 is 17.8 Å². The molecular formula is C22H36N2O2S. The monoisotopic (exact) mass is 392 g/mol. The molecule has 0 saturated heterocycles. The molecule has 1 aromatic rings. The summed E-state index contributed by atoms with van der Waals surface area (Å²) in [5.41, 5.74) is 0. The summed E-state index contributed by atoms with van der Waals surface area (Å²) in [6.45, 7) is 3.68. The number of hydrogen-bond acceptors (Lipinski definition) is 3. The van der Waals surface area contributed by atoms with Gasteiger partial charge in [0.25, 0.3) is 0 Å². The molecule has 27 heavy (non-hydrogen) atoms. The lowest BCUT2D eigenvalue weighted by molar-refractivity contribution is 0.240. The zero-order chi connectivity index (χ0) is 19.6. The molecule has 0 heterocycles. The van der Waals surface area contributed by atoms with Gasteiger partial charge in [0, 0.05) is 18.0 Å². The fourth-order valence-electron chi connectivity index (χ4n) is 2.59. The molecule has 0 unspecified atom stereocenters. The number of carbonyl (C=O) groups excluding carboxylic acids is 1.